The fourth-order valence-corrected chi connectivity index (χ4v) is 4.31. The molecular weight excluding hydrogens is 478 g/mol. The fraction of sp³-hybridized carbons (Fsp3) is 0.296. The molecule has 0 unspecified atom stereocenters. The summed E-state index contributed by atoms with van der Waals surface area (Å²) in [6, 6.07) is 13.0. The zero-order valence-corrected chi connectivity index (χ0v) is 20.4. The summed E-state index contributed by atoms with van der Waals surface area (Å²) in [5, 5.41) is 17.1. The molecule has 2 aromatic carbocycles. The zero-order chi connectivity index (χ0) is 25.8. The number of alkyl halides is 2. The first-order valence-electron chi connectivity index (χ1n) is 12.2. The Bertz CT molecular complexity index is 1400. The van der Waals surface area contributed by atoms with Crippen molar-refractivity contribution in [2.24, 2.45) is 5.92 Å². The number of halogens is 2. The third-order valence-corrected chi connectivity index (χ3v) is 6.37. The van der Waals surface area contributed by atoms with Crippen LogP contribution in [0.1, 0.15) is 35.7 Å². The molecule has 0 spiro atoms. The molecule has 0 saturated carbocycles. The number of hydrogen-bond donors (Lipinski definition) is 4. The Labute approximate surface area is 212 Å². The summed E-state index contributed by atoms with van der Waals surface area (Å²) in [4.78, 5) is 17.5. The maximum atomic E-state index is 14.3. The highest BCUT2D eigenvalue weighted by Gasteiger charge is 2.26. The molecule has 0 bridgehead atoms. The van der Waals surface area contributed by atoms with Gasteiger partial charge in [0.1, 0.15) is 11.6 Å². The Morgan fingerprint density at radius 1 is 1.14 bits per heavy atom. The van der Waals surface area contributed by atoms with Crippen LogP contribution in [0.25, 0.3) is 10.9 Å². The van der Waals surface area contributed by atoms with Crippen molar-refractivity contribution in [3.8, 4) is 5.75 Å². The zero-order valence-electron chi connectivity index (χ0n) is 20.4. The number of benzene rings is 2. The number of nitrogens with one attached hydrogen (secondary N) is 4. The van der Waals surface area contributed by atoms with Crippen LogP contribution in [-0.4, -0.2) is 40.8 Å². The van der Waals surface area contributed by atoms with E-state index >= 15 is 0 Å². The number of rotatable bonds is 8. The topological polar surface area (TPSA) is 104 Å². The second-order valence-electron chi connectivity index (χ2n) is 9.29. The van der Waals surface area contributed by atoms with E-state index in [-0.39, 0.29) is 16.8 Å². The molecule has 8 nitrogen and oxygen atoms in total. The van der Waals surface area contributed by atoms with Gasteiger partial charge in [-0.1, -0.05) is 0 Å². The van der Waals surface area contributed by atoms with Crippen molar-refractivity contribution in [2.75, 3.05) is 30.3 Å². The monoisotopic (exact) mass is 506 g/mol. The molecule has 1 amide bonds. The molecule has 10 heteroatoms. The summed E-state index contributed by atoms with van der Waals surface area (Å²) in [5.41, 5.74) is 1.80. The molecule has 4 aromatic rings. The predicted octanol–water partition coefficient (Wildman–Crippen LogP) is 5.44. The van der Waals surface area contributed by atoms with Gasteiger partial charge in [0.2, 0.25) is 0 Å². The van der Waals surface area contributed by atoms with Gasteiger partial charge in [-0.2, -0.15) is 5.10 Å². The van der Waals surface area contributed by atoms with E-state index in [1.165, 1.54) is 12.1 Å². The van der Waals surface area contributed by atoms with Crippen LogP contribution >= 0.6 is 0 Å². The van der Waals surface area contributed by atoms with Crippen LogP contribution in [0.3, 0.4) is 0 Å². The van der Waals surface area contributed by atoms with E-state index in [9.17, 15) is 13.6 Å². The number of anilines is 3. The van der Waals surface area contributed by atoms with Gasteiger partial charge < -0.3 is 20.7 Å². The summed E-state index contributed by atoms with van der Waals surface area (Å²) < 4.78 is 34.4. The van der Waals surface area contributed by atoms with Crippen molar-refractivity contribution in [1.29, 1.82) is 0 Å². The molecule has 1 saturated heterocycles. The smallest absolute Gasteiger partial charge is 0.270 e. The highest BCUT2D eigenvalue weighted by molar-refractivity contribution is 6.08. The number of H-pyrrole nitrogens is 1. The van der Waals surface area contributed by atoms with E-state index < -0.39 is 11.8 Å². The summed E-state index contributed by atoms with van der Waals surface area (Å²) in [7, 11) is 0. The molecule has 1 fully saturated rings. The van der Waals surface area contributed by atoms with Crippen LogP contribution in [0.2, 0.25) is 0 Å². The Morgan fingerprint density at radius 2 is 1.97 bits per heavy atom. The molecule has 0 radical (unpaired) electrons. The minimum atomic E-state index is -3.10. The molecule has 1 aliphatic rings. The minimum Gasteiger partial charge on any atom is -0.493 e. The van der Waals surface area contributed by atoms with Crippen molar-refractivity contribution >= 4 is 34.0 Å². The number of aromatic amines is 1. The average Bonchev–Trinajstić information content (AvgIpc) is 3.36. The van der Waals surface area contributed by atoms with Crippen LogP contribution in [-0.2, 0) is 5.92 Å². The number of piperidine rings is 1. The highest BCUT2D eigenvalue weighted by atomic mass is 19.3. The van der Waals surface area contributed by atoms with Crippen LogP contribution in [0.5, 0.6) is 5.75 Å². The second kappa shape index (κ2) is 10.5. The van der Waals surface area contributed by atoms with E-state index in [2.05, 4.69) is 31.1 Å². The van der Waals surface area contributed by atoms with Gasteiger partial charge in [0.25, 0.3) is 11.8 Å². The first kappa shape index (κ1) is 24.6. The number of carbonyl (C=O) groups is 1. The molecule has 37 heavy (non-hydrogen) atoms. The van der Waals surface area contributed by atoms with E-state index in [0.717, 1.165) is 43.8 Å². The first-order chi connectivity index (χ1) is 17.8. The number of fused-ring (bicyclic) bond motifs is 1. The maximum Gasteiger partial charge on any atom is 0.270 e. The summed E-state index contributed by atoms with van der Waals surface area (Å²) >= 11 is 0. The Hall–Kier alpha value is -4.05. The van der Waals surface area contributed by atoms with Gasteiger partial charge >= 0.3 is 0 Å². The maximum absolute atomic E-state index is 14.3. The standard InChI is InChI=1S/C27H28F2N6O2/c1-27(28,29)19-11-21(13-22(12-19)37-16-17-6-9-30-10-7-17)34-26(36)23-3-2-8-31-25(23)33-20-5-4-18-15-32-35-24(18)14-20/h2-5,8,11-15,17,30H,6-7,9-10,16H2,1H3,(H,31,33)(H,32,35)(H,34,36). The average molecular weight is 507 g/mol. The summed E-state index contributed by atoms with van der Waals surface area (Å²) in [6.07, 6.45) is 5.23. The van der Waals surface area contributed by atoms with Crippen molar-refractivity contribution in [1.82, 2.24) is 20.5 Å². The van der Waals surface area contributed by atoms with Gasteiger partial charge in [-0.25, -0.2) is 13.8 Å². The number of ether oxygens (including phenoxy) is 1. The lowest BCUT2D eigenvalue weighted by molar-refractivity contribution is 0.0172. The van der Waals surface area contributed by atoms with Gasteiger partial charge in [-0.15, -0.1) is 0 Å². The first-order valence-corrected chi connectivity index (χ1v) is 12.2. The molecule has 4 N–H and O–H groups in total. The quantitative estimate of drug-likeness (QED) is 0.254. The van der Waals surface area contributed by atoms with Crippen LogP contribution in [0.15, 0.2) is 60.9 Å². The number of amides is 1. The van der Waals surface area contributed by atoms with Crippen LogP contribution < -0.4 is 20.7 Å². The van der Waals surface area contributed by atoms with Gasteiger partial charge in [-0.3, -0.25) is 9.89 Å². The van der Waals surface area contributed by atoms with Crippen molar-refractivity contribution < 1.29 is 18.3 Å². The van der Waals surface area contributed by atoms with Crippen molar-refractivity contribution in [3.63, 3.8) is 0 Å². The lowest BCUT2D eigenvalue weighted by Crippen LogP contribution is -2.30. The molecule has 0 aliphatic carbocycles. The predicted molar refractivity (Wildman–Crippen MR) is 139 cm³/mol. The van der Waals surface area contributed by atoms with Crippen LogP contribution in [0, 0.1) is 5.92 Å². The molecule has 0 atom stereocenters. The highest BCUT2D eigenvalue weighted by Crippen LogP contribution is 2.33. The molecule has 2 aromatic heterocycles. The van der Waals surface area contributed by atoms with Gasteiger partial charge in [-0.05, 0) is 74.3 Å². The normalized spacial score (nSPS) is 14.5. The summed E-state index contributed by atoms with van der Waals surface area (Å²) in [5.74, 6) is -2.60. The lowest BCUT2D eigenvalue weighted by atomic mass is 9.99. The van der Waals surface area contributed by atoms with E-state index in [1.54, 1.807) is 30.6 Å². The number of hydrogen-bond acceptors (Lipinski definition) is 6. The third kappa shape index (κ3) is 6.03. The van der Waals surface area contributed by atoms with Gasteiger partial charge in [0.15, 0.2) is 0 Å². The number of nitrogens with zero attached hydrogens (tertiary/aromatic N) is 2. The fourth-order valence-electron chi connectivity index (χ4n) is 4.31. The van der Waals surface area contributed by atoms with Crippen molar-refractivity contribution in [2.45, 2.75) is 25.7 Å². The molecular formula is C27H28F2N6O2. The largest absolute Gasteiger partial charge is 0.493 e. The number of pyridine rings is 1. The minimum absolute atomic E-state index is 0.220. The van der Waals surface area contributed by atoms with E-state index in [1.807, 2.05) is 18.2 Å². The lowest BCUT2D eigenvalue weighted by Gasteiger charge is -2.23. The molecule has 192 valence electrons. The van der Waals surface area contributed by atoms with Gasteiger partial charge in [0, 0.05) is 41.5 Å². The van der Waals surface area contributed by atoms with E-state index in [4.69, 9.17) is 4.74 Å². The molecule has 5 rings (SSSR count). The van der Waals surface area contributed by atoms with E-state index in [0.29, 0.717) is 29.8 Å². The van der Waals surface area contributed by atoms with Gasteiger partial charge in [0.05, 0.1) is 23.9 Å². The molecule has 3 heterocycles. The Morgan fingerprint density at radius 3 is 2.78 bits per heavy atom. The Balaban J connectivity index is 1.36. The molecule has 1 aliphatic heterocycles. The number of carbonyl (C=O) groups excluding carboxylic acids is 1. The SMILES string of the molecule is CC(F)(F)c1cc(NC(=O)c2cccnc2Nc2ccc3cn[nH]c3c2)cc(OCC2CCNCC2)c1. The number of aromatic nitrogens is 3. The Kier molecular flexibility index (Phi) is 7.00. The van der Waals surface area contributed by atoms with Crippen molar-refractivity contribution in [3.05, 3.63) is 72.1 Å². The summed E-state index contributed by atoms with van der Waals surface area (Å²) in [6.45, 7) is 3.09. The van der Waals surface area contributed by atoms with Crippen LogP contribution in [0.4, 0.5) is 26.0 Å². The second-order valence-corrected chi connectivity index (χ2v) is 9.29. The third-order valence-electron chi connectivity index (χ3n) is 6.37.